The molecule has 1 unspecified atom stereocenters. The molecule has 6 heteroatoms. The minimum absolute atomic E-state index is 0.136. The Labute approximate surface area is 156 Å². The molecular formula is C21H19N3O3. The molecule has 1 aliphatic heterocycles. The zero-order valence-electron chi connectivity index (χ0n) is 15.1. The van der Waals surface area contributed by atoms with Crippen molar-refractivity contribution >= 4 is 11.8 Å². The fraction of sp³-hybridized carbons (Fsp3) is 0.190. The molecule has 1 aromatic heterocycles. The first-order valence-electron chi connectivity index (χ1n) is 8.71. The maximum Gasteiger partial charge on any atom is 0.261 e. The molecule has 27 heavy (non-hydrogen) atoms. The minimum Gasteiger partial charge on any atom is -0.361 e. The lowest BCUT2D eigenvalue weighted by Crippen LogP contribution is -2.36. The van der Waals surface area contributed by atoms with Gasteiger partial charge < -0.3 is 10.3 Å². The van der Waals surface area contributed by atoms with Crippen LogP contribution in [0.15, 0.2) is 53.1 Å². The summed E-state index contributed by atoms with van der Waals surface area (Å²) in [5, 5.41) is 3.97. The molecule has 0 saturated heterocycles. The van der Waals surface area contributed by atoms with Gasteiger partial charge in [-0.15, -0.1) is 0 Å². The summed E-state index contributed by atoms with van der Waals surface area (Å²) < 4.78 is 5.21. The number of imide groups is 1. The van der Waals surface area contributed by atoms with Gasteiger partial charge in [-0.3, -0.25) is 14.5 Å². The fourth-order valence-corrected chi connectivity index (χ4v) is 3.50. The van der Waals surface area contributed by atoms with Crippen LogP contribution in [0.5, 0.6) is 0 Å². The smallest absolute Gasteiger partial charge is 0.261 e. The van der Waals surface area contributed by atoms with Crippen molar-refractivity contribution in [2.45, 2.75) is 19.9 Å². The first-order chi connectivity index (χ1) is 13.0. The normalized spacial score (nSPS) is 14.6. The summed E-state index contributed by atoms with van der Waals surface area (Å²) in [4.78, 5) is 26.2. The highest BCUT2D eigenvalue weighted by molar-refractivity contribution is 6.21. The van der Waals surface area contributed by atoms with Gasteiger partial charge in [0.25, 0.3) is 11.8 Å². The maximum atomic E-state index is 12.5. The number of rotatable bonds is 4. The largest absolute Gasteiger partial charge is 0.361 e. The summed E-state index contributed by atoms with van der Waals surface area (Å²) in [7, 11) is 0. The summed E-state index contributed by atoms with van der Waals surface area (Å²) in [5.41, 5.74) is 10.8. The van der Waals surface area contributed by atoms with Crippen LogP contribution in [0.25, 0.3) is 11.1 Å². The second kappa shape index (κ2) is 6.48. The van der Waals surface area contributed by atoms with Crippen LogP contribution in [0, 0.1) is 13.8 Å². The van der Waals surface area contributed by atoms with Crippen molar-refractivity contribution in [3.63, 3.8) is 0 Å². The third-order valence-electron chi connectivity index (χ3n) is 4.92. The molecule has 2 aromatic carbocycles. The highest BCUT2D eigenvalue weighted by atomic mass is 16.5. The Morgan fingerprint density at radius 3 is 2.11 bits per heavy atom. The Balaban J connectivity index is 1.54. The Kier molecular flexibility index (Phi) is 4.12. The van der Waals surface area contributed by atoms with Crippen LogP contribution in [0.1, 0.15) is 43.8 Å². The molecule has 136 valence electrons. The molecule has 0 fully saturated rings. The van der Waals surface area contributed by atoms with E-state index in [1.54, 1.807) is 24.3 Å². The van der Waals surface area contributed by atoms with Gasteiger partial charge >= 0.3 is 0 Å². The molecule has 1 aliphatic rings. The van der Waals surface area contributed by atoms with Crippen molar-refractivity contribution < 1.29 is 14.1 Å². The first kappa shape index (κ1) is 17.2. The van der Waals surface area contributed by atoms with Crippen molar-refractivity contribution in [3.05, 3.63) is 76.7 Å². The third kappa shape index (κ3) is 2.84. The van der Waals surface area contributed by atoms with Gasteiger partial charge in [-0.2, -0.15) is 0 Å². The summed E-state index contributed by atoms with van der Waals surface area (Å²) in [6.07, 6.45) is 0. The van der Waals surface area contributed by atoms with E-state index < -0.39 is 6.04 Å². The van der Waals surface area contributed by atoms with Crippen molar-refractivity contribution in [3.8, 4) is 11.1 Å². The Morgan fingerprint density at radius 2 is 1.59 bits per heavy atom. The molecule has 0 spiro atoms. The maximum absolute atomic E-state index is 12.5. The van der Waals surface area contributed by atoms with Crippen LogP contribution in [-0.4, -0.2) is 28.4 Å². The summed E-state index contributed by atoms with van der Waals surface area (Å²) in [6.45, 7) is 3.90. The van der Waals surface area contributed by atoms with Crippen LogP contribution < -0.4 is 5.73 Å². The molecule has 0 saturated carbocycles. The fourth-order valence-electron chi connectivity index (χ4n) is 3.50. The zero-order valence-corrected chi connectivity index (χ0v) is 15.1. The number of aromatic nitrogens is 1. The van der Waals surface area contributed by atoms with Crippen molar-refractivity contribution in [1.29, 1.82) is 0 Å². The van der Waals surface area contributed by atoms with Gasteiger partial charge in [-0.1, -0.05) is 41.6 Å². The third-order valence-corrected chi connectivity index (χ3v) is 4.92. The van der Waals surface area contributed by atoms with Crippen LogP contribution in [0.3, 0.4) is 0 Å². The molecule has 0 aliphatic carbocycles. The van der Waals surface area contributed by atoms with Gasteiger partial charge in [0.05, 0.1) is 16.8 Å². The van der Waals surface area contributed by atoms with E-state index >= 15 is 0 Å². The lowest BCUT2D eigenvalue weighted by Gasteiger charge is -2.19. The van der Waals surface area contributed by atoms with Crippen molar-refractivity contribution in [2.24, 2.45) is 5.73 Å². The van der Waals surface area contributed by atoms with Gasteiger partial charge in [0, 0.05) is 18.2 Å². The molecule has 0 bridgehead atoms. The van der Waals surface area contributed by atoms with Gasteiger partial charge in [-0.05, 0) is 37.1 Å². The van der Waals surface area contributed by atoms with E-state index in [1.165, 1.54) is 4.90 Å². The van der Waals surface area contributed by atoms with Crippen LogP contribution in [-0.2, 0) is 0 Å². The van der Waals surface area contributed by atoms with Crippen molar-refractivity contribution in [2.75, 3.05) is 6.54 Å². The summed E-state index contributed by atoms with van der Waals surface area (Å²) in [5.74, 6) is 0.173. The Morgan fingerprint density at radius 1 is 1.00 bits per heavy atom. The molecule has 0 radical (unpaired) electrons. The monoisotopic (exact) mass is 361 g/mol. The highest BCUT2D eigenvalue weighted by Crippen LogP contribution is 2.29. The predicted octanol–water partition coefficient (Wildman–Crippen LogP) is 3.25. The number of carbonyl (C=O) groups is 2. The standard InChI is InChI=1S/C21H19N3O3/c1-12-19(13(2)27-23-12)15-9-7-14(8-10-15)18(22)11-24-20(25)16-5-3-4-6-17(16)21(24)26/h3-10,18H,11,22H2,1-2H3. The number of nitrogens with two attached hydrogens (primary N) is 1. The van der Waals surface area contributed by atoms with E-state index in [9.17, 15) is 9.59 Å². The van der Waals surface area contributed by atoms with Crippen LogP contribution in [0.2, 0.25) is 0 Å². The number of benzene rings is 2. The van der Waals surface area contributed by atoms with E-state index in [0.29, 0.717) is 11.1 Å². The first-order valence-corrected chi connectivity index (χ1v) is 8.71. The second-order valence-electron chi connectivity index (χ2n) is 6.69. The van der Waals surface area contributed by atoms with Gasteiger partial charge in [0.15, 0.2) is 0 Å². The number of hydrogen-bond donors (Lipinski definition) is 1. The number of fused-ring (bicyclic) bond motifs is 1. The summed E-state index contributed by atoms with van der Waals surface area (Å²) in [6, 6.07) is 14.1. The van der Waals surface area contributed by atoms with E-state index in [0.717, 1.165) is 28.1 Å². The van der Waals surface area contributed by atoms with Gasteiger partial charge in [0.2, 0.25) is 0 Å². The average Bonchev–Trinajstić information content (AvgIpc) is 3.14. The topological polar surface area (TPSA) is 89.4 Å². The number of aryl methyl sites for hydroxylation is 2. The highest BCUT2D eigenvalue weighted by Gasteiger charge is 2.35. The van der Waals surface area contributed by atoms with E-state index in [1.807, 2.05) is 38.1 Å². The van der Waals surface area contributed by atoms with Crippen LogP contribution >= 0.6 is 0 Å². The quantitative estimate of drug-likeness (QED) is 0.721. The molecule has 2 amide bonds. The van der Waals surface area contributed by atoms with Crippen LogP contribution in [0.4, 0.5) is 0 Å². The number of amides is 2. The molecule has 3 aromatic rings. The van der Waals surface area contributed by atoms with Crippen molar-refractivity contribution in [1.82, 2.24) is 10.1 Å². The van der Waals surface area contributed by atoms with Gasteiger partial charge in [-0.25, -0.2) is 0 Å². The second-order valence-corrected chi connectivity index (χ2v) is 6.69. The van der Waals surface area contributed by atoms with E-state index in [4.69, 9.17) is 10.3 Å². The zero-order chi connectivity index (χ0) is 19.1. The molecule has 4 rings (SSSR count). The molecular weight excluding hydrogens is 342 g/mol. The average molecular weight is 361 g/mol. The summed E-state index contributed by atoms with van der Waals surface area (Å²) >= 11 is 0. The Hall–Kier alpha value is -3.25. The van der Waals surface area contributed by atoms with Gasteiger partial charge in [0.1, 0.15) is 5.76 Å². The Bertz CT molecular complexity index is 983. The molecule has 1 atom stereocenters. The molecule has 2 heterocycles. The number of nitrogens with zero attached hydrogens (tertiary/aromatic N) is 2. The lowest BCUT2D eigenvalue weighted by atomic mass is 10.00. The molecule has 6 nitrogen and oxygen atoms in total. The lowest BCUT2D eigenvalue weighted by molar-refractivity contribution is 0.0644. The van der Waals surface area contributed by atoms with E-state index in [2.05, 4.69) is 5.16 Å². The molecule has 2 N–H and O–H groups in total. The predicted molar refractivity (Wildman–Crippen MR) is 100 cm³/mol. The van der Waals surface area contributed by atoms with E-state index in [-0.39, 0.29) is 18.4 Å². The number of hydrogen-bond acceptors (Lipinski definition) is 5. The number of carbonyl (C=O) groups excluding carboxylic acids is 2. The SMILES string of the molecule is Cc1noc(C)c1-c1ccc(C(N)CN2C(=O)c3ccccc3C2=O)cc1. The minimum atomic E-state index is -0.467.